The fraction of sp³-hybridized carbons (Fsp3) is 1.00. The van der Waals surface area contributed by atoms with E-state index in [9.17, 15) is 0 Å². The number of hydrogen-bond donors (Lipinski definition) is 2. The highest BCUT2D eigenvalue weighted by molar-refractivity contribution is 4.78. The van der Waals surface area contributed by atoms with E-state index < -0.39 is 0 Å². The van der Waals surface area contributed by atoms with Gasteiger partial charge in [-0.15, -0.1) is 0 Å². The molecule has 0 aliphatic rings. The van der Waals surface area contributed by atoms with Crippen LogP contribution < -0.4 is 11.3 Å². The van der Waals surface area contributed by atoms with E-state index in [4.69, 9.17) is 5.84 Å². The molecule has 0 bridgehead atoms. The molecule has 0 aromatic carbocycles. The van der Waals surface area contributed by atoms with Gasteiger partial charge in [0.15, 0.2) is 0 Å². The Balaban J connectivity index is 4.12. The van der Waals surface area contributed by atoms with E-state index in [0.29, 0.717) is 11.3 Å². The SMILES string of the molecule is CCCCC(C)C(C)(C)CC(C)CC(C)CNN. The summed E-state index contributed by atoms with van der Waals surface area (Å²) < 4.78 is 0. The molecule has 2 nitrogen and oxygen atoms in total. The lowest BCUT2D eigenvalue weighted by molar-refractivity contribution is 0.157. The minimum atomic E-state index is 0.463. The number of nitrogens with one attached hydrogen (secondary N) is 1. The van der Waals surface area contributed by atoms with Crippen LogP contribution in [0, 0.1) is 23.2 Å². The summed E-state index contributed by atoms with van der Waals surface area (Å²) in [4.78, 5) is 0. The second-order valence-corrected chi connectivity index (χ2v) is 7.09. The lowest BCUT2D eigenvalue weighted by Gasteiger charge is -2.35. The Labute approximate surface area is 115 Å². The Morgan fingerprint density at radius 2 is 1.72 bits per heavy atom. The topological polar surface area (TPSA) is 38.0 Å². The van der Waals surface area contributed by atoms with Crippen LogP contribution in [0.15, 0.2) is 0 Å². The van der Waals surface area contributed by atoms with Crippen LogP contribution in [-0.2, 0) is 0 Å². The van der Waals surface area contributed by atoms with Crippen LogP contribution in [0.5, 0.6) is 0 Å². The zero-order chi connectivity index (χ0) is 14.2. The fourth-order valence-corrected chi connectivity index (χ4v) is 3.06. The van der Waals surface area contributed by atoms with Gasteiger partial charge >= 0.3 is 0 Å². The number of hydrazine groups is 1. The van der Waals surface area contributed by atoms with Crippen molar-refractivity contribution in [3.8, 4) is 0 Å². The number of hydrogen-bond acceptors (Lipinski definition) is 2. The van der Waals surface area contributed by atoms with Crippen molar-refractivity contribution in [1.82, 2.24) is 5.43 Å². The minimum Gasteiger partial charge on any atom is -0.271 e. The van der Waals surface area contributed by atoms with Crippen molar-refractivity contribution in [1.29, 1.82) is 0 Å². The summed E-state index contributed by atoms with van der Waals surface area (Å²) in [5, 5.41) is 0. The molecule has 0 aromatic rings. The molecule has 18 heavy (non-hydrogen) atoms. The van der Waals surface area contributed by atoms with Gasteiger partial charge in [-0.05, 0) is 36.0 Å². The Morgan fingerprint density at radius 3 is 2.22 bits per heavy atom. The van der Waals surface area contributed by atoms with Crippen LogP contribution in [0.4, 0.5) is 0 Å². The molecule has 0 amide bonds. The second kappa shape index (κ2) is 8.92. The van der Waals surface area contributed by atoms with Gasteiger partial charge in [0.25, 0.3) is 0 Å². The van der Waals surface area contributed by atoms with Gasteiger partial charge in [-0.25, -0.2) is 0 Å². The van der Waals surface area contributed by atoms with Crippen LogP contribution in [0.25, 0.3) is 0 Å². The smallest absolute Gasteiger partial charge is 0.0123 e. The first kappa shape index (κ1) is 17.9. The Hall–Kier alpha value is -0.0800. The quantitative estimate of drug-likeness (QED) is 0.450. The predicted molar refractivity (Wildman–Crippen MR) is 82.2 cm³/mol. The Bertz CT molecular complexity index is 201. The summed E-state index contributed by atoms with van der Waals surface area (Å²) in [6.07, 6.45) is 6.65. The van der Waals surface area contributed by atoms with Gasteiger partial charge in [0.05, 0.1) is 0 Å². The van der Waals surface area contributed by atoms with Gasteiger partial charge in [-0.1, -0.05) is 60.8 Å². The van der Waals surface area contributed by atoms with Crippen LogP contribution >= 0.6 is 0 Å². The molecular formula is C16H36N2. The molecule has 110 valence electrons. The molecule has 0 heterocycles. The highest BCUT2D eigenvalue weighted by atomic mass is 15.2. The third-order valence-electron chi connectivity index (χ3n) is 4.47. The summed E-state index contributed by atoms with van der Waals surface area (Å²) in [6, 6.07) is 0. The molecule has 3 unspecified atom stereocenters. The molecule has 0 aliphatic heterocycles. The van der Waals surface area contributed by atoms with E-state index in [1.807, 2.05) is 0 Å². The maximum absolute atomic E-state index is 5.39. The van der Waals surface area contributed by atoms with E-state index >= 15 is 0 Å². The van der Waals surface area contributed by atoms with Crippen LogP contribution in [0.2, 0.25) is 0 Å². The Kier molecular flexibility index (Phi) is 8.89. The van der Waals surface area contributed by atoms with Gasteiger partial charge in [0, 0.05) is 6.54 Å². The summed E-state index contributed by atoms with van der Waals surface area (Å²) in [7, 11) is 0. The average Bonchev–Trinajstić information content (AvgIpc) is 2.24. The molecule has 0 saturated carbocycles. The van der Waals surface area contributed by atoms with E-state index in [1.54, 1.807) is 0 Å². The molecule has 0 aliphatic carbocycles. The summed E-state index contributed by atoms with van der Waals surface area (Å²) >= 11 is 0. The van der Waals surface area contributed by atoms with Crippen LogP contribution in [0.3, 0.4) is 0 Å². The van der Waals surface area contributed by atoms with Crippen LogP contribution in [-0.4, -0.2) is 6.54 Å². The lowest BCUT2D eigenvalue weighted by atomic mass is 9.71. The van der Waals surface area contributed by atoms with Gasteiger partial charge in [-0.2, -0.15) is 0 Å². The van der Waals surface area contributed by atoms with Gasteiger partial charge in [0.2, 0.25) is 0 Å². The largest absolute Gasteiger partial charge is 0.271 e. The van der Waals surface area contributed by atoms with E-state index in [2.05, 4.69) is 47.0 Å². The molecule has 0 saturated heterocycles. The number of nitrogens with two attached hydrogens (primary N) is 1. The number of rotatable bonds is 10. The average molecular weight is 256 g/mol. The van der Waals surface area contributed by atoms with Crippen molar-refractivity contribution in [2.24, 2.45) is 29.0 Å². The van der Waals surface area contributed by atoms with E-state index in [-0.39, 0.29) is 0 Å². The molecule has 3 atom stereocenters. The monoisotopic (exact) mass is 256 g/mol. The van der Waals surface area contributed by atoms with E-state index in [1.165, 1.54) is 32.1 Å². The normalized spacial score (nSPS) is 17.5. The zero-order valence-corrected chi connectivity index (χ0v) is 13.6. The van der Waals surface area contributed by atoms with Crippen molar-refractivity contribution < 1.29 is 0 Å². The van der Waals surface area contributed by atoms with Gasteiger partial charge in [-0.3, -0.25) is 11.3 Å². The third-order valence-corrected chi connectivity index (χ3v) is 4.47. The van der Waals surface area contributed by atoms with Gasteiger partial charge in [0.1, 0.15) is 0 Å². The van der Waals surface area contributed by atoms with Gasteiger partial charge < -0.3 is 0 Å². The molecular weight excluding hydrogens is 220 g/mol. The molecule has 2 heteroatoms. The second-order valence-electron chi connectivity index (χ2n) is 7.09. The van der Waals surface area contributed by atoms with Crippen molar-refractivity contribution in [2.75, 3.05) is 6.54 Å². The zero-order valence-electron chi connectivity index (χ0n) is 13.6. The van der Waals surface area contributed by atoms with Crippen molar-refractivity contribution >= 4 is 0 Å². The molecule has 0 spiro atoms. The standard InChI is InChI=1S/C16H36N2/c1-7-8-9-15(4)16(5,6)11-13(2)10-14(3)12-18-17/h13-15,18H,7-12,17H2,1-6H3. The molecule has 0 rings (SSSR count). The van der Waals surface area contributed by atoms with Crippen molar-refractivity contribution in [3.63, 3.8) is 0 Å². The molecule has 3 N–H and O–H groups in total. The molecule has 0 fully saturated rings. The first-order chi connectivity index (χ1) is 8.33. The summed E-state index contributed by atoms with van der Waals surface area (Å²) in [6.45, 7) is 15.2. The first-order valence-corrected chi connectivity index (χ1v) is 7.76. The van der Waals surface area contributed by atoms with Crippen LogP contribution in [0.1, 0.15) is 73.6 Å². The maximum atomic E-state index is 5.39. The minimum absolute atomic E-state index is 0.463. The number of unbranched alkanes of at least 4 members (excludes halogenated alkanes) is 1. The van der Waals surface area contributed by atoms with Crippen molar-refractivity contribution in [3.05, 3.63) is 0 Å². The van der Waals surface area contributed by atoms with Crippen molar-refractivity contribution in [2.45, 2.75) is 73.6 Å². The Morgan fingerprint density at radius 1 is 1.11 bits per heavy atom. The predicted octanol–water partition coefficient (Wildman–Crippen LogP) is 4.35. The van der Waals surface area contributed by atoms with E-state index in [0.717, 1.165) is 18.4 Å². The first-order valence-electron chi connectivity index (χ1n) is 7.76. The molecule has 0 radical (unpaired) electrons. The summed E-state index contributed by atoms with van der Waals surface area (Å²) in [5.41, 5.74) is 3.25. The fourth-order valence-electron chi connectivity index (χ4n) is 3.06. The highest BCUT2D eigenvalue weighted by Gasteiger charge is 2.27. The highest BCUT2D eigenvalue weighted by Crippen LogP contribution is 2.38. The summed E-state index contributed by atoms with van der Waals surface area (Å²) in [5.74, 6) is 7.67. The lowest BCUT2D eigenvalue weighted by Crippen LogP contribution is -2.29. The third kappa shape index (κ3) is 7.38. The maximum Gasteiger partial charge on any atom is 0.0123 e. The molecule has 0 aromatic heterocycles.